The van der Waals surface area contributed by atoms with Gasteiger partial charge in [-0.15, -0.1) is 0 Å². The zero-order valence-electron chi connectivity index (χ0n) is 9.19. The normalized spacial score (nSPS) is 11.3. The van der Waals surface area contributed by atoms with E-state index < -0.39 is 12.7 Å². The second kappa shape index (κ2) is 4.22. The molecule has 0 amide bonds. The third kappa shape index (κ3) is 2.71. The van der Waals surface area contributed by atoms with Crippen molar-refractivity contribution in [1.82, 2.24) is 0 Å². The van der Waals surface area contributed by atoms with E-state index in [4.69, 9.17) is 20.5 Å². The summed E-state index contributed by atoms with van der Waals surface area (Å²) in [6.45, 7) is 3.66. The highest BCUT2D eigenvalue weighted by atomic mass is 16.5. The Labute approximate surface area is 89.8 Å². The highest BCUT2D eigenvalue weighted by molar-refractivity contribution is 6.58. The molecule has 0 bridgehead atoms. The molecule has 0 spiro atoms. The summed E-state index contributed by atoms with van der Waals surface area (Å²) in [5.74, 6) is 0.645. The largest absolute Gasteiger partial charge is 0.496 e. The van der Waals surface area contributed by atoms with Crippen LogP contribution in [0, 0.1) is 0 Å². The summed E-state index contributed by atoms with van der Waals surface area (Å²) in [6, 6.07) is 4.92. The van der Waals surface area contributed by atoms with Gasteiger partial charge >= 0.3 is 7.12 Å². The summed E-state index contributed by atoms with van der Waals surface area (Å²) < 4.78 is 5.16. The van der Waals surface area contributed by atoms with Crippen molar-refractivity contribution in [2.24, 2.45) is 5.73 Å². The fourth-order valence-corrected chi connectivity index (χ4v) is 1.39. The van der Waals surface area contributed by atoms with E-state index in [-0.39, 0.29) is 0 Å². The van der Waals surface area contributed by atoms with Crippen LogP contribution in [0.4, 0.5) is 0 Å². The first kappa shape index (κ1) is 12.0. The fourth-order valence-electron chi connectivity index (χ4n) is 1.39. The van der Waals surface area contributed by atoms with E-state index in [2.05, 4.69) is 0 Å². The van der Waals surface area contributed by atoms with Crippen LogP contribution in [0.3, 0.4) is 0 Å². The van der Waals surface area contributed by atoms with E-state index in [0.29, 0.717) is 11.2 Å². The summed E-state index contributed by atoms with van der Waals surface area (Å²) in [5.41, 5.74) is 6.52. The van der Waals surface area contributed by atoms with E-state index in [1.54, 1.807) is 25.3 Å². The molecule has 82 valence electrons. The van der Waals surface area contributed by atoms with Crippen LogP contribution in [0.25, 0.3) is 0 Å². The van der Waals surface area contributed by atoms with Crippen LogP contribution in [-0.2, 0) is 5.54 Å². The Balaban J connectivity index is 3.26. The molecule has 0 atom stereocenters. The molecule has 1 aromatic carbocycles. The number of ether oxygens (including phenoxy) is 1. The molecule has 0 saturated heterocycles. The molecule has 0 aliphatic carbocycles. The van der Waals surface area contributed by atoms with Gasteiger partial charge < -0.3 is 20.5 Å². The lowest BCUT2D eigenvalue weighted by Crippen LogP contribution is -2.34. The molecule has 0 heterocycles. The van der Waals surface area contributed by atoms with Gasteiger partial charge in [-0.3, -0.25) is 0 Å². The average molecular weight is 209 g/mol. The molecule has 0 saturated carbocycles. The number of nitrogens with two attached hydrogens (primary N) is 1. The van der Waals surface area contributed by atoms with Gasteiger partial charge in [0, 0.05) is 11.1 Å². The van der Waals surface area contributed by atoms with Crippen molar-refractivity contribution in [1.29, 1.82) is 0 Å². The van der Waals surface area contributed by atoms with Gasteiger partial charge in [-0.2, -0.15) is 0 Å². The first-order valence-corrected chi connectivity index (χ1v) is 4.69. The lowest BCUT2D eigenvalue weighted by molar-refractivity contribution is 0.394. The SMILES string of the molecule is COc1ccc(B(O)O)cc1C(C)(C)N. The number of benzene rings is 1. The third-order valence-corrected chi connectivity index (χ3v) is 2.22. The van der Waals surface area contributed by atoms with Gasteiger partial charge in [-0.1, -0.05) is 12.1 Å². The van der Waals surface area contributed by atoms with Crippen LogP contribution in [0.15, 0.2) is 18.2 Å². The number of methoxy groups -OCH3 is 1. The van der Waals surface area contributed by atoms with Crippen molar-refractivity contribution < 1.29 is 14.8 Å². The molecule has 0 fully saturated rings. The van der Waals surface area contributed by atoms with E-state index in [9.17, 15) is 0 Å². The summed E-state index contributed by atoms with van der Waals surface area (Å²) in [4.78, 5) is 0. The fraction of sp³-hybridized carbons (Fsp3) is 0.400. The number of hydrogen-bond donors (Lipinski definition) is 3. The number of rotatable bonds is 3. The maximum atomic E-state index is 9.05. The lowest BCUT2D eigenvalue weighted by atomic mass is 9.77. The highest BCUT2D eigenvalue weighted by Crippen LogP contribution is 2.26. The van der Waals surface area contributed by atoms with Crippen molar-refractivity contribution in [3.63, 3.8) is 0 Å². The van der Waals surface area contributed by atoms with Gasteiger partial charge in [-0.05, 0) is 25.4 Å². The van der Waals surface area contributed by atoms with Gasteiger partial charge in [0.2, 0.25) is 0 Å². The Morgan fingerprint density at radius 1 is 1.33 bits per heavy atom. The molecule has 0 aliphatic rings. The predicted molar refractivity (Wildman–Crippen MR) is 60.0 cm³/mol. The van der Waals surface area contributed by atoms with Crippen molar-refractivity contribution in [3.8, 4) is 5.75 Å². The molecule has 4 N–H and O–H groups in total. The van der Waals surface area contributed by atoms with Crippen molar-refractivity contribution in [2.75, 3.05) is 7.11 Å². The molecule has 15 heavy (non-hydrogen) atoms. The molecule has 5 heteroatoms. The number of hydrogen-bond acceptors (Lipinski definition) is 4. The lowest BCUT2D eigenvalue weighted by Gasteiger charge is -2.22. The van der Waals surface area contributed by atoms with Crippen LogP contribution in [0.5, 0.6) is 5.75 Å². The summed E-state index contributed by atoms with van der Waals surface area (Å²) >= 11 is 0. The summed E-state index contributed by atoms with van der Waals surface area (Å²) in [6.07, 6.45) is 0. The van der Waals surface area contributed by atoms with Crippen molar-refractivity contribution >= 4 is 12.6 Å². The Morgan fingerprint density at radius 2 is 1.93 bits per heavy atom. The molecule has 0 radical (unpaired) electrons. The summed E-state index contributed by atoms with van der Waals surface area (Å²) in [5, 5.41) is 18.1. The molecule has 1 aromatic rings. The second-order valence-corrected chi connectivity index (χ2v) is 4.06. The maximum Gasteiger partial charge on any atom is 0.488 e. The Hall–Kier alpha value is -1.04. The van der Waals surface area contributed by atoms with E-state index >= 15 is 0 Å². The standard InChI is InChI=1S/C10H16BNO3/c1-10(2,12)8-6-7(11(13)14)4-5-9(8)15-3/h4-6,13-14H,12H2,1-3H3. The Bertz CT molecular complexity index is 347. The molecule has 4 nitrogen and oxygen atoms in total. The van der Waals surface area contributed by atoms with Crippen LogP contribution in [0.2, 0.25) is 0 Å². The first-order valence-electron chi connectivity index (χ1n) is 4.69. The molecular weight excluding hydrogens is 193 g/mol. The zero-order chi connectivity index (χ0) is 11.6. The zero-order valence-corrected chi connectivity index (χ0v) is 9.19. The predicted octanol–water partition coefficient (Wildman–Crippen LogP) is -0.431. The third-order valence-electron chi connectivity index (χ3n) is 2.22. The minimum atomic E-state index is -1.49. The Morgan fingerprint density at radius 3 is 2.33 bits per heavy atom. The van der Waals surface area contributed by atoms with E-state index in [1.165, 1.54) is 0 Å². The highest BCUT2D eigenvalue weighted by Gasteiger charge is 2.22. The van der Waals surface area contributed by atoms with Gasteiger partial charge in [-0.25, -0.2) is 0 Å². The van der Waals surface area contributed by atoms with Crippen LogP contribution < -0.4 is 15.9 Å². The van der Waals surface area contributed by atoms with Gasteiger partial charge in [0.15, 0.2) is 0 Å². The van der Waals surface area contributed by atoms with Crippen molar-refractivity contribution in [2.45, 2.75) is 19.4 Å². The van der Waals surface area contributed by atoms with E-state index in [0.717, 1.165) is 5.56 Å². The quantitative estimate of drug-likeness (QED) is 0.590. The molecular formula is C10H16BNO3. The van der Waals surface area contributed by atoms with Crippen LogP contribution >= 0.6 is 0 Å². The average Bonchev–Trinajstić information content (AvgIpc) is 2.15. The smallest absolute Gasteiger partial charge is 0.488 e. The monoisotopic (exact) mass is 209 g/mol. The Kier molecular flexibility index (Phi) is 3.39. The maximum absolute atomic E-state index is 9.05. The minimum absolute atomic E-state index is 0.407. The molecule has 0 aromatic heterocycles. The second-order valence-electron chi connectivity index (χ2n) is 4.06. The van der Waals surface area contributed by atoms with Gasteiger partial charge in [0.1, 0.15) is 5.75 Å². The molecule has 1 rings (SSSR count). The molecule has 0 unspecified atom stereocenters. The van der Waals surface area contributed by atoms with Gasteiger partial charge in [0.25, 0.3) is 0 Å². The minimum Gasteiger partial charge on any atom is -0.496 e. The summed E-state index contributed by atoms with van der Waals surface area (Å²) in [7, 11) is 0.0663. The topological polar surface area (TPSA) is 75.7 Å². The van der Waals surface area contributed by atoms with Crippen molar-refractivity contribution in [3.05, 3.63) is 23.8 Å². The van der Waals surface area contributed by atoms with Crippen LogP contribution in [-0.4, -0.2) is 24.3 Å². The first-order chi connectivity index (χ1) is 6.86. The van der Waals surface area contributed by atoms with Crippen LogP contribution in [0.1, 0.15) is 19.4 Å². The molecule has 0 aliphatic heterocycles. The van der Waals surface area contributed by atoms with Gasteiger partial charge in [0.05, 0.1) is 7.11 Å². The van der Waals surface area contributed by atoms with E-state index in [1.807, 2.05) is 13.8 Å².